The SMILES string of the molecule is O=C(O)c1ccc(C=Cc2cccnc2)cc1. The number of nitrogens with zero attached hydrogens (tertiary/aromatic N) is 1. The minimum absolute atomic E-state index is 0.295. The van der Waals surface area contributed by atoms with E-state index in [2.05, 4.69) is 4.98 Å². The summed E-state index contributed by atoms with van der Waals surface area (Å²) in [6.07, 6.45) is 7.34. The molecule has 1 N–H and O–H groups in total. The number of aromatic nitrogens is 1. The van der Waals surface area contributed by atoms with Crippen molar-refractivity contribution >= 4 is 18.1 Å². The predicted molar refractivity (Wildman–Crippen MR) is 66.6 cm³/mol. The van der Waals surface area contributed by atoms with Crippen molar-refractivity contribution in [3.63, 3.8) is 0 Å². The van der Waals surface area contributed by atoms with Crippen LogP contribution in [-0.2, 0) is 0 Å². The second-order valence-electron chi connectivity index (χ2n) is 3.55. The van der Waals surface area contributed by atoms with Crippen LogP contribution < -0.4 is 0 Å². The molecule has 0 radical (unpaired) electrons. The van der Waals surface area contributed by atoms with E-state index in [9.17, 15) is 4.79 Å². The van der Waals surface area contributed by atoms with Crippen molar-refractivity contribution in [2.75, 3.05) is 0 Å². The molecule has 0 amide bonds. The molecule has 0 atom stereocenters. The quantitative estimate of drug-likeness (QED) is 0.873. The Morgan fingerprint density at radius 1 is 1.06 bits per heavy atom. The number of pyridine rings is 1. The second kappa shape index (κ2) is 5.07. The van der Waals surface area contributed by atoms with Crippen molar-refractivity contribution in [2.24, 2.45) is 0 Å². The Morgan fingerprint density at radius 2 is 1.76 bits per heavy atom. The third kappa shape index (κ3) is 3.01. The number of hydrogen-bond donors (Lipinski definition) is 1. The molecule has 0 spiro atoms. The van der Waals surface area contributed by atoms with E-state index in [-0.39, 0.29) is 0 Å². The molecule has 0 bridgehead atoms. The zero-order valence-corrected chi connectivity index (χ0v) is 9.08. The van der Waals surface area contributed by atoms with E-state index < -0.39 is 5.97 Å². The predicted octanol–water partition coefficient (Wildman–Crippen LogP) is 2.95. The smallest absolute Gasteiger partial charge is 0.335 e. The molecule has 0 aliphatic rings. The molecule has 0 aliphatic heterocycles. The van der Waals surface area contributed by atoms with Gasteiger partial charge >= 0.3 is 5.97 Å². The molecule has 1 heterocycles. The fourth-order valence-electron chi connectivity index (χ4n) is 1.40. The molecular formula is C14H11NO2. The zero-order chi connectivity index (χ0) is 12.1. The Bertz CT molecular complexity index is 530. The van der Waals surface area contributed by atoms with Crippen molar-refractivity contribution in [1.29, 1.82) is 0 Å². The number of hydrogen-bond acceptors (Lipinski definition) is 2. The maximum absolute atomic E-state index is 10.7. The lowest BCUT2D eigenvalue weighted by Crippen LogP contribution is -1.94. The fraction of sp³-hybridized carbons (Fsp3) is 0. The van der Waals surface area contributed by atoms with Crippen LogP contribution in [0.15, 0.2) is 48.8 Å². The van der Waals surface area contributed by atoms with Gasteiger partial charge < -0.3 is 5.11 Å². The normalized spacial score (nSPS) is 10.6. The van der Waals surface area contributed by atoms with E-state index in [1.807, 2.05) is 24.3 Å². The van der Waals surface area contributed by atoms with Gasteiger partial charge in [0.1, 0.15) is 0 Å². The van der Waals surface area contributed by atoms with Gasteiger partial charge in [-0.3, -0.25) is 4.98 Å². The summed E-state index contributed by atoms with van der Waals surface area (Å²) in [5.74, 6) is -0.909. The minimum Gasteiger partial charge on any atom is -0.478 e. The van der Waals surface area contributed by atoms with Gasteiger partial charge in [-0.15, -0.1) is 0 Å². The summed E-state index contributed by atoms with van der Waals surface area (Å²) in [7, 11) is 0. The van der Waals surface area contributed by atoms with Gasteiger partial charge in [0.05, 0.1) is 5.56 Å². The molecule has 3 nitrogen and oxygen atoms in total. The maximum atomic E-state index is 10.7. The maximum Gasteiger partial charge on any atom is 0.335 e. The highest BCUT2D eigenvalue weighted by atomic mass is 16.4. The third-order valence-electron chi connectivity index (χ3n) is 2.31. The molecule has 84 valence electrons. The van der Waals surface area contributed by atoms with Crippen LogP contribution in [0.25, 0.3) is 12.2 Å². The summed E-state index contributed by atoms with van der Waals surface area (Å²) >= 11 is 0. The van der Waals surface area contributed by atoms with Gasteiger partial charge in [-0.05, 0) is 29.3 Å². The summed E-state index contributed by atoms with van der Waals surface area (Å²) < 4.78 is 0. The first-order valence-electron chi connectivity index (χ1n) is 5.17. The topological polar surface area (TPSA) is 50.2 Å². The van der Waals surface area contributed by atoms with Gasteiger partial charge in [-0.2, -0.15) is 0 Å². The summed E-state index contributed by atoms with van der Waals surface area (Å²) in [5, 5.41) is 8.76. The average molecular weight is 225 g/mol. The molecule has 17 heavy (non-hydrogen) atoms. The molecule has 0 unspecified atom stereocenters. The van der Waals surface area contributed by atoms with E-state index in [1.54, 1.807) is 36.7 Å². The highest BCUT2D eigenvalue weighted by molar-refractivity contribution is 5.88. The van der Waals surface area contributed by atoms with Crippen LogP contribution in [0.5, 0.6) is 0 Å². The lowest BCUT2D eigenvalue weighted by molar-refractivity contribution is 0.0697. The number of benzene rings is 1. The first kappa shape index (κ1) is 11.1. The van der Waals surface area contributed by atoms with Crippen LogP contribution in [0.4, 0.5) is 0 Å². The lowest BCUT2D eigenvalue weighted by atomic mass is 10.1. The Kier molecular flexibility index (Phi) is 3.31. The number of aromatic carboxylic acids is 1. The average Bonchev–Trinajstić information content (AvgIpc) is 2.38. The summed E-state index contributed by atoms with van der Waals surface area (Å²) in [6, 6.07) is 10.5. The van der Waals surface area contributed by atoms with Crippen molar-refractivity contribution < 1.29 is 9.90 Å². The monoisotopic (exact) mass is 225 g/mol. The largest absolute Gasteiger partial charge is 0.478 e. The molecular weight excluding hydrogens is 214 g/mol. The summed E-state index contributed by atoms with van der Waals surface area (Å²) in [4.78, 5) is 14.7. The van der Waals surface area contributed by atoms with Gasteiger partial charge in [-0.1, -0.05) is 30.4 Å². The first-order chi connectivity index (χ1) is 8.25. The number of carbonyl (C=O) groups is 1. The van der Waals surface area contributed by atoms with Crippen molar-refractivity contribution in [2.45, 2.75) is 0 Å². The fourth-order valence-corrected chi connectivity index (χ4v) is 1.40. The van der Waals surface area contributed by atoms with Crippen LogP contribution in [0.2, 0.25) is 0 Å². The standard InChI is InChI=1S/C14H11NO2/c16-14(17)13-7-5-11(6-8-13)3-4-12-2-1-9-15-10-12/h1-10H,(H,16,17). The highest BCUT2D eigenvalue weighted by Gasteiger charge is 1.99. The third-order valence-corrected chi connectivity index (χ3v) is 2.31. The molecule has 1 aromatic heterocycles. The molecule has 0 fully saturated rings. The molecule has 2 aromatic rings. The van der Waals surface area contributed by atoms with Crippen LogP contribution in [-0.4, -0.2) is 16.1 Å². The molecule has 0 saturated carbocycles. The van der Waals surface area contributed by atoms with Crippen molar-refractivity contribution in [3.05, 3.63) is 65.5 Å². The molecule has 0 aliphatic carbocycles. The molecule has 3 heteroatoms. The van der Waals surface area contributed by atoms with E-state index in [4.69, 9.17) is 5.11 Å². The van der Waals surface area contributed by atoms with Crippen LogP contribution in [0.1, 0.15) is 21.5 Å². The van der Waals surface area contributed by atoms with E-state index in [0.29, 0.717) is 5.56 Å². The van der Waals surface area contributed by atoms with Gasteiger partial charge in [0.2, 0.25) is 0 Å². The summed E-state index contributed by atoms with van der Waals surface area (Å²) in [6.45, 7) is 0. The van der Waals surface area contributed by atoms with Crippen LogP contribution >= 0.6 is 0 Å². The van der Waals surface area contributed by atoms with Crippen molar-refractivity contribution in [1.82, 2.24) is 4.98 Å². The van der Waals surface area contributed by atoms with Crippen LogP contribution in [0.3, 0.4) is 0 Å². The Morgan fingerprint density at radius 3 is 2.35 bits per heavy atom. The Balaban J connectivity index is 2.14. The summed E-state index contributed by atoms with van der Waals surface area (Å²) in [5.41, 5.74) is 2.26. The zero-order valence-electron chi connectivity index (χ0n) is 9.08. The van der Waals surface area contributed by atoms with Gasteiger partial charge in [0.15, 0.2) is 0 Å². The van der Waals surface area contributed by atoms with E-state index >= 15 is 0 Å². The molecule has 1 aromatic carbocycles. The van der Waals surface area contributed by atoms with E-state index in [1.165, 1.54) is 0 Å². The Hall–Kier alpha value is -2.42. The van der Waals surface area contributed by atoms with Crippen LogP contribution in [0, 0.1) is 0 Å². The van der Waals surface area contributed by atoms with Crippen molar-refractivity contribution in [3.8, 4) is 0 Å². The number of carboxylic acid groups (broad SMARTS) is 1. The highest BCUT2D eigenvalue weighted by Crippen LogP contribution is 2.09. The van der Waals surface area contributed by atoms with Gasteiger partial charge in [0.25, 0.3) is 0 Å². The van der Waals surface area contributed by atoms with Gasteiger partial charge in [0, 0.05) is 12.4 Å². The van der Waals surface area contributed by atoms with E-state index in [0.717, 1.165) is 11.1 Å². The second-order valence-corrected chi connectivity index (χ2v) is 3.55. The Labute approximate surface area is 99.1 Å². The van der Waals surface area contributed by atoms with Gasteiger partial charge in [-0.25, -0.2) is 4.79 Å². The lowest BCUT2D eigenvalue weighted by Gasteiger charge is -1.96. The number of rotatable bonds is 3. The minimum atomic E-state index is -0.909. The number of carboxylic acids is 1. The molecule has 2 rings (SSSR count). The first-order valence-corrected chi connectivity index (χ1v) is 5.17. The molecule has 0 saturated heterocycles.